The van der Waals surface area contributed by atoms with E-state index in [0.29, 0.717) is 0 Å². The molecule has 0 aromatic carbocycles. The summed E-state index contributed by atoms with van der Waals surface area (Å²) in [6.45, 7) is 9.19. The van der Waals surface area contributed by atoms with E-state index in [0.717, 1.165) is 42.3 Å². The first kappa shape index (κ1) is 14.8. The molecule has 0 spiro atoms. The van der Waals surface area contributed by atoms with E-state index in [4.69, 9.17) is 10.3 Å². The lowest BCUT2D eigenvalue weighted by Gasteiger charge is -2.17. The van der Waals surface area contributed by atoms with E-state index in [2.05, 4.69) is 28.8 Å². The molecule has 110 valence electrons. The Morgan fingerprint density at radius 2 is 2.10 bits per heavy atom. The lowest BCUT2D eigenvalue weighted by Crippen LogP contribution is -2.31. The van der Waals surface area contributed by atoms with Crippen molar-refractivity contribution in [3.8, 4) is 0 Å². The second-order valence-electron chi connectivity index (χ2n) is 5.21. The molecule has 5 heteroatoms. The van der Waals surface area contributed by atoms with Gasteiger partial charge in [-0.3, -0.25) is 11.3 Å². The van der Waals surface area contributed by atoms with E-state index >= 15 is 0 Å². The minimum Gasteiger partial charge on any atom is -0.466 e. The van der Waals surface area contributed by atoms with Crippen molar-refractivity contribution in [2.24, 2.45) is 5.84 Å². The Bertz CT molecular complexity index is 570. The summed E-state index contributed by atoms with van der Waals surface area (Å²) in [6.07, 6.45) is 5.71. The number of hydrogen-bond donors (Lipinski definition) is 2. The molecule has 0 bridgehead atoms. The van der Waals surface area contributed by atoms with E-state index in [1.807, 2.05) is 26.2 Å². The molecule has 2 aromatic heterocycles. The summed E-state index contributed by atoms with van der Waals surface area (Å²) in [5, 5.41) is 0. The maximum absolute atomic E-state index is 5.76. The fourth-order valence-corrected chi connectivity index (χ4v) is 2.72. The van der Waals surface area contributed by atoms with Crippen molar-refractivity contribution in [3.05, 3.63) is 40.9 Å². The van der Waals surface area contributed by atoms with Crippen LogP contribution in [0.15, 0.2) is 16.8 Å². The van der Waals surface area contributed by atoms with Crippen LogP contribution in [0.25, 0.3) is 0 Å². The number of imidazole rings is 1. The summed E-state index contributed by atoms with van der Waals surface area (Å²) < 4.78 is 7.88. The van der Waals surface area contributed by atoms with Crippen LogP contribution in [0.1, 0.15) is 47.9 Å². The quantitative estimate of drug-likeness (QED) is 0.628. The fourth-order valence-electron chi connectivity index (χ4n) is 2.72. The Morgan fingerprint density at radius 3 is 2.65 bits per heavy atom. The van der Waals surface area contributed by atoms with Crippen molar-refractivity contribution in [2.45, 2.75) is 53.1 Å². The maximum atomic E-state index is 5.76. The first-order valence-electron chi connectivity index (χ1n) is 7.11. The molecule has 0 radical (unpaired) electrons. The van der Waals surface area contributed by atoms with Crippen molar-refractivity contribution in [1.82, 2.24) is 15.0 Å². The highest BCUT2D eigenvalue weighted by atomic mass is 16.3. The molecule has 0 saturated carbocycles. The van der Waals surface area contributed by atoms with Gasteiger partial charge in [-0.15, -0.1) is 0 Å². The summed E-state index contributed by atoms with van der Waals surface area (Å²) in [6, 6.07) is 0.0189. The third kappa shape index (κ3) is 2.78. The molecule has 1 unspecified atom stereocenters. The number of furan rings is 1. The van der Waals surface area contributed by atoms with Gasteiger partial charge in [0, 0.05) is 30.9 Å². The standard InChI is InChI=1S/C15H24N4O/c1-5-7-19-8-6-17-14(19)9-13(18-16)15-10(2)11(3)20-12(15)4/h6,8,13,18H,5,7,9,16H2,1-4H3. The van der Waals surface area contributed by atoms with Crippen LogP contribution in [0.5, 0.6) is 0 Å². The largest absolute Gasteiger partial charge is 0.466 e. The summed E-state index contributed by atoms with van der Waals surface area (Å²) in [4.78, 5) is 4.45. The van der Waals surface area contributed by atoms with Crippen LogP contribution in [0.4, 0.5) is 0 Å². The number of rotatable bonds is 6. The van der Waals surface area contributed by atoms with Crippen LogP contribution >= 0.6 is 0 Å². The molecule has 3 N–H and O–H groups in total. The van der Waals surface area contributed by atoms with Gasteiger partial charge in [-0.2, -0.15) is 0 Å². The van der Waals surface area contributed by atoms with Gasteiger partial charge in [-0.05, 0) is 32.8 Å². The van der Waals surface area contributed by atoms with Crippen molar-refractivity contribution < 1.29 is 4.42 Å². The van der Waals surface area contributed by atoms with E-state index < -0.39 is 0 Å². The molecule has 2 heterocycles. The molecule has 0 fully saturated rings. The predicted molar refractivity (Wildman–Crippen MR) is 79.2 cm³/mol. The van der Waals surface area contributed by atoms with Crippen molar-refractivity contribution in [3.63, 3.8) is 0 Å². The molecule has 0 aliphatic heterocycles. The summed E-state index contributed by atoms with van der Waals surface area (Å²) >= 11 is 0. The SMILES string of the molecule is CCCn1ccnc1CC(NN)c1c(C)oc(C)c1C. The molecule has 0 aliphatic carbocycles. The molecular formula is C15H24N4O. The Hall–Kier alpha value is -1.59. The highest BCUT2D eigenvalue weighted by Crippen LogP contribution is 2.28. The van der Waals surface area contributed by atoms with E-state index in [9.17, 15) is 0 Å². The van der Waals surface area contributed by atoms with E-state index in [1.54, 1.807) is 0 Å². The van der Waals surface area contributed by atoms with Crippen LogP contribution < -0.4 is 11.3 Å². The lowest BCUT2D eigenvalue weighted by atomic mass is 9.99. The third-order valence-electron chi connectivity index (χ3n) is 3.82. The number of hydrogen-bond acceptors (Lipinski definition) is 4. The fraction of sp³-hybridized carbons (Fsp3) is 0.533. The van der Waals surface area contributed by atoms with Crippen LogP contribution in [0.2, 0.25) is 0 Å². The van der Waals surface area contributed by atoms with Gasteiger partial charge in [0.2, 0.25) is 0 Å². The van der Waals surface area contributed by atoms with Gasteiger partial charge in [0.15, 0.2) is 0 Å². The highest BCUT2D eigenvalue weighted by Gasteiger charge is 2.22. The Balaban J connectivity index is 2.27. The number of nitrogens with two attached hydrogens (primary N) is 1. The average Bonchev–Trinajstić information content (AvgIpc) is 2.94. The van der Waals surface area contributed by atoms with E-state index in [1.165, 1.54) is 5.56 Å². The Morgan fingerprint density at radius 1 is 1.35 bits per heavy atom. The number of aryl methyl sites for hydroxylation is 3. The van der Waals surface area contributed by atoms with Gasteiger partial charge in [0.05, 0.1) is 6.04 Å². The second kappa shape index (κ2) is 6.24. The number of aromatic nitrogens is 2. The molecule has 1 atom stereocenters. The molecule has 0 amide bonds. The predicted octanol–water partition coefficient (Wildman–Crippen LogP) is 2.56. The third-order valence-corrected chi connectivity index (χ3v) is 3.82. The summed E-state index contributed by atoms with van der Waals surface area (Å²) in [5.74, 6) is 8.69. The van der Waals surface area contributed by atoms with Crippen LogP contribution in [0, 0.1) is 20.8 Å². The van der Waals surface area contributed by atoms with Crippen LogP contribution in [-0.2, 0) is 13.0 Å². The molecule has 2 rings (SSSR count). The first-order chi connectivity index (χ1) is 9.58. The van der Waals surface area contributed by atoms with Crippen LogP contribution in [0.3, 0.4) is 0 Å². The molecular weight excluding hydrogens is 252 g/mol. The van der Waals surface area contributed by atoms with Gasteiger partial charge in [-0.25, -0.2) is 4.98 Å². The Kier molecular flexibility index (Phi) is 4.62. The van der Waals surface area contributed by atoms with E-state index in [-0.39, 0.29) is 6.04 Å². The summed E-state index contributed by atoms with van der Waals surface area (Å²) in [7, 11) is 0. The van der Waals surface area contributed by atoms with Gasteiger partial charge in [0.25, 0.3) is 0 Å². The average molecular weight is 276 g/mol. The number of hydrazine groups is 1. The van der Waals surface area contributed by atoms with Crippen molar-refractivity contribution in [2.75, 3.05) is 0 Å². The first-order valence-corrected chi connectivity index (χ1v) is 7.11. The molecule has 0 aliphatic rings. The molecule has 5 nitrogen and oxygen atoms in total. The van der Waals surface area contributed by atoms with Gasteiger partial charge in [-0.1, -0.05) is 6.92 Å². The molecule has 20 heavy (non-hydrogen) atoms. The monoisotopic (exact) mass is 276 g/mol. The lowest BCUT2D eigenvalue weighted by molar-refractivity contribution is 0.477. The minimum absolute atomic E-state index is 0.0189. The zero-order valence-electron chi connectivity index (χ0n) is 12.7. The Labute approximate surface area is 120 Å². The highest BCUT2D eigenvalue weighted by molar-refractivity contribution is 5.34. The van der Waals surface area contributed by atoms with Gasteiger partial charge >= 0.3 is 0 Å². The maximum Gasteiger partial charge on any atom is 0.110 e. The molecule has 2 aromatic rings. The smallest absolute Gasteiger partial charge is 0.110 e. The topological polar surface area (TPSA) is 69.0 Å². The number of nitrogens with one attached hydrogen (secondary N) is 1. The zero-order valence-corrected chi connectivity index (χ0v) is 12.7. The van der Waals surface area contributed by atoms with Crippen molar-refractivity contribution >= 4 is 0 Å². The van der Waals surface area contributed by atoms with Gasteiger partial charge in [0.1, 0.15) is 17.3 Å². The molecule has 0 saturated heterocycles. The van der Waals surface area contributed by atoms with Gasteiger partial charge < -0.3 is 8.98 Å². The zero-order chi connectivity index (χ0) is 14.7. The van der Waals surface area contributed by atoms with Crippen molar-refractivity contribution in [1.29, 1.82) is 0 Å². The minimum atomic E-state index is 0.0189. The summed E-state index contributed by atoms with van der Waals surface area (Å²) in [5.41, 5.74) is 5.22. The van der Waals surface area contributed by atoms with Crippen LogP contribution in [-0.4, -0.2) is 9.55 Å². The number of nitrogens with zero attached hydrogens (tertiary/aromatic N) is 2. The normalized spacial score (nSPS) is 12.8. The second-order valence-corrected chi connectivity index (χ2v) is 5.21.